The first-order valence-electron chi connectivity index (χ1n) is 12.8. The highest BCUT2D eigenvalue weighted by Crippen LogP contribution is 2.44. The molecule has 0 fully saturated rings. The Kier molecular flexibility index (Phi) is 9.67. The molecule has 1 amide bonds. The van der Waals surface area contributed by atoms with Crippen LogP contribution in [0, 0.1) is 0 Å². The lowest BCUT2D eigenvalue weighted by Crippen LogP contribution is -2.31. The summed E-state index contributed by atoms with van der Waals surface area (Å²) in [5, 5.41) is 22.7. The first-order chi connectivity index (χ1) is 19.9. The topological polar surface area (TPSA) is 92.6 Å². The summed E-state index contributed by atoms with van der Waals surface area (Å²) in [6, 6.07) is 15.1. The van der Waals surface area contributed by atoms with E-state index in [0.717, 1.165) is 24.8 Å². The first kappa shape index (κ1) is 29.6. The van der Waals surface area contributed by atoms with E-state index in [1.165, 1.54) is 39.3 Å². The van der Waals surface area contributed by atoms with E-state index in [1.807, 2.05) is 18.2 Å². The van der Waals surface area contributed by atoms with E-state index < -0.39 is 23.5 Å². The number of aliphatic hydroxyl groups excluding tert-OH is 1. The van der Waals surface area contributed by atoms with Crippen molar-refractivity contribution in [2.24, 2.45) is 0 Å². The summed E-state index contributed by atoms with van der Waals surface area (Å²) in [6.45, 7) is 2.74. The summed E-state index contributed by atoms with van der Waals surface area (Å²) in [5.41, 5.74) is 1.53. The summed E-state index contributed by atoms with van der Waals surface area (Å²) in [5.74, 6) is -0.494. The Morgan fingerprint density at radius 2 is 1.93 bits per heavy atom. The number of ether oxygens (including phenoxy) is 1. The summed E-state index contributed by atoms with van der Waals surface area (Å²) in [6.07, 6.45) is 3.15. The van der Waals surface area contributed by atoms with E-state index >= 15 is 0 Å². The number of anilines is 1. The Morgan fingerprint density at radius 3 is 2.63 bits per heavy atom. The largest absolute Gasteiger partial charge is 0.503 e. The number of halogens is 2. The van der Waals surface area contributed by atoms with Gasteiger partial charge in [0.2, 0.25) is 10.9 Å². The molecule has 2 aromatic carbocycles. The lowest BCUT2D eigenvalue weighted by molar-refractivity contribution is -0.117. The van der Waals surface area contributed by atoms with Crippen LogP contribution in [-0.2, 0) is 10.5 Å². The Bertz CT molecular complexity index is 1570. The highest BCUT2D eigenvalue weighted by molar-refractivity contribution is 8.00. The number of unbranched alkanes of at least 4 members (excludes halogenated alkanes) is 2. The standard InChI is InChI=1S/C29H25Cl2N3O4S3/c1-2-3-4-13-38-20-11-8-17(9-12-20)24-23(25(35)22-6-5-14-39-22)26(36)27(37)34(24)28-32-33-29(41-28)40-16-18-7-10-19(30)15-21(18)31/h5-12,14-15,24,36H,2-4,13,16H2,1H3. The molecule has 0 bridgehead atoms. The first-order valence-corrected chi connectivity index (χ1v) is 16.3. The second kappa shape index (κ2) is 13.4. The molecule has 0 spiro atoms. The summed E-state index contributed by atoms with van der Waals surface area (Å²) < 4.78 is 6.45. The zero-order valence-electron chi connectivity index (χ0n) is 21.9. The van der Waals surface area contributed by atoms with Crippen LogP contribution in [0.2, 0.25) is 10.0 Å². The molecule has 1 atom stereocenters. The van der Waals surface area contributed by atoms with Gasteiger partial charge in [-0.15, -0.1) is 21.5 Å². The van der Waals surface area contributed by atoms with Gasteiger partial charge in [0.1, 0.15) is 5.75 Å². The molecule has 1 unspecified atom stereocenters. The van der Waals surface area contributed by atoms with Gasteiger partial charge in [-0.3, -0.25) is 14.5 Å². The van der Waals surface area contributed by atoms with Gasteiger partial charge in [0.05, 0.1) is 23.1 Å². The van der Waals surface area contributed by atoms with Crippen LogP contribution in [0.4, 0.5) is 5.13 Å². The number of rotatable bonds is 12. The molecule has 4 aromatic rings. The Morgan fingerprint density at radius 1 is 1.12 bits per heavy atom. The summed E-state index contributed by atoms with van der Waals surface area (Å²) >= 11 is 16.2. The Balaban J connectivity index is 1.43. The molecule has 41 heavy (non-hydrogen) atoms. The molecular weight excluding hydrogens is 621 g/mol. The third-order valence-corrected chi connectivity index (χ3v) is 9.94. The van der Waals surface area contributed by atoms with E-state index in [0.29, 0.717) is 42.9 Å². The number of carbonyl (C=O) groups is 2. The Hall–Kier alpha value is -2.89. The monoisotopic (exact) mass is 645 g/mol. The van der Waals surface area contributed by atoms with Crippen LogP contribution in [0.3, 0.4) is 0 Å². The van der Waals surface area contributed by atoms with Crippen LogP contribution >= 0.6 is 57.6 Å². The normalized spacial score (nSPS) is 15.1. The van der Waals surface area contributed by atoms with Gasteiger partial charge in [-0.2, -0.15) is 0 Å². The second-order valence-electron chi connectivity index (χ2n) is 9.15. The number of thiophene rings is 1. The molecule has 212 valence electrons. The molecule has 1 N–H and O–H groups in total. The Labute approximate surface area is 259 Å². The highest BCUT2D eigenvalue weighted by Gasteiger charge is 2.46. The number of thioether (sulfide) groups is 1. The van der Waals surface area contributed by atoms with Crippen molar-refractivity contribution in [2.75, 3.05) is 11.5 Å². The molecule has 5 rings (SSSR count). The number of hydrogen-bond acceptors (Lipinski definition) is 9. The van der Waals surface area contributed by atoms with Crippen LogP contribution < -0.4 is 9.64 Å². The minimum Gasteiger partial charge on any atom is -0.503 e. The maximum atomic E-state index is 13.5. The van der Waals surface area contributed by atoms with Crippen molar-refractivity contribution in [2.45, 2.75) is 42.3 Å². The number of amides is 1. The molecule has 2 aromatic heterocycles. The smallest absolute Gasteiger partial charge is 0.296 e. The maximum absolute atomic E-state index is 13.5. The van der Waals surface area contributed by atoms with Crippen LogP contribution in [0.5, 0.6) is 5.75 Å². The number of carbonyl (C=O) groups excluding carboxylic acids is 2. The lowest BCUT2D eigenvalue weighted by Gasteiger charge is -2.24. The van der Waals surface area contributed by atoms with E-state index in [-0.39, 0.29) is 10.7 Å². The summed E-state index contributed by atoms with van der Waals surface area (Å²) in [4.78, 5) is 28.8. The van der Waals surface area contributed by atoms with E-state index in [1.54, 1.807) is 41.8 Å². The zero-order chi connectivity index (χ0) is 28.9. The number of benzene rings is 2. The third-order valence-electron chi connectivity index (χ3n) is 6.38. The quantitative estimate of drug-likeness (QED) is 0.0714. The van der Waals surface area contributed by atoms with E-state index in [9.17, 15) is 14.7 Å². The number of hydrogen-bond donors (Lipinski definition) is 1. The molecule has 12 heteroatoms. The molecule has 0 saturated carbocycles. The number of ketones is 1. The van der Waals surface area contributed by atoms with Crippen molar-refractivity contribution >= 4 is 74.5 Å². The van der Waals surface area contributed by atoms with Gasteiger partial charge >= 0.3 is 0 Å². The van der Waals surface area contributed by atoms with Gasteiger partial charge in [-0.1, -0.05) is 90.3 Å². The van der Waals surface area contributed by atoms with Gasteiger partial charge in [-0.05, 0) is 53.3 Å². The molecule has 1 aliphatic heterocycles. The molecule has 1 aliphatic rings. The average molecular weight is 647 g/mol. The molecule has 0 saturated heterocycles. The van der Waals surface area contributed by atoms with Gasteiger partial charge in [0.15, 0.2) is 10.1 Å². The van der Waals surface area contributed by atoms with Gasteiger partial charge in [-0.25, -0.2) is 0 Å². The SMILES string of the molecule is CCCCCOc1ccc(C2C(C(=O)c3cccs3)=C(O)C(=O)N2c2nnc(SCc3ccc(Cl)cc3Cl)s2)cc1. The van der Waals surface area contributed by atoms with Crippen LogP contribution in [0.1, 0.15) is 53.0 Å². The average Bonchev–Trinajstić information content (AvgIpc) is 3.72. The zero-order valence-corrected chi connectivity index (χ0v) is 25.8. The minimum absolute atomic E-state index is 0.00594. The fraction of sp³-hybridized carbons (Fsp3) is 0.241. The number of Topliss-reactive ketones (excluding diaryl/α,β-unsaturated/α-hetero) is 1. The molecule has 7 nitrogen and oxygen atoms in total. The molecule has 0 radical (unpaired) electrons. The predicted octanol–water partition coefficient (Wildman–Crippen LogP) is 8.55. The van der Waals surface area contributed by atoms with Crippen molar-refractivity contribution in [1.82, 2.24) is 10.2 Å². The molecule has 3 heterocycles. The van der Waals surface area contributed by atoms with Crippen LogP contribution in [0.25, 0.3) is 0 Å². The number of nitrogens with zero attached hydrogens (tertiary/aromatic N) is 3. The second-order valence-corrected chi connectivity index (χ2v) is 13.1. The van der Waals surface area contributed by atoms with Crippen molar-refractivity contribution in [1.29, 1.82) is 0 Å². The van der Waals surface area contributed by atoms with E-state index in [4.69, 9.17) is 27.9 Å². The number of aromatic nitrogens is 2. The van der Waals surface area contributed by atoms with Crippen LogP contribution in [-0.4, -0.2) is 33.6 Å². The predicted molar refractivity (Wildman–Crippen MR) is 166 cm³/mol. The molecule has 0 aliphatic carbocycles. The summed E-state index contributed by atoms with van der Waals surface area (Å²) in [7, 11) is 0. The molecular formula is C29H25Cl2N3O4S3. The van der Waals surface area contributed by atoms with Gasteiger partial charge in [0, 0.05) is 15.8 Å². The van der Waals surface area contributed by atoms with Gasteiger partial charge in [0.25, 0.3) is 5.91 Å². The van der Waals surface area contributed by atoms with Crippen molar-refractivity contribution < 1.29 is 19.4 Å². The lowest BCUT2D eigenvalue weighted by atomic mass is 9.95. The van der Waals surface area contributed by atoms with E-state index in [2.05, 4.69) is 17.1 Å². The number of aliphatic hydroxyl groups is 1. The third kappa shape index (κ3) is 6.62. The fourth-order valence-corrected chi connectivity index (χ4v) is 7.42. The van der Waals surface area contributed by atoms with Gasteiger partial charge < -0.3 is 9.84 Å². The minimum atomic E-state index is -0.886. The highest BCUT2D eigenvalue weighted by atomic mass is 35.5. The fourth-order valence-electron chi connectivity index (χ4n) is 4.32. The van der Waals surface area contributed by atoms with Crippen molar-refractivity contribution in [3.05, 3.63) is 97.4 Å². The van der Waals surface area contributed by atoms with Crippen LogP contribution in [0.15, 0.2) is 75.6 Å². The maximum Gasteiger partial charge on any atom is 0.296 e. The van der Waals surface area contributed by atoms with Crippen molar-refractivity contribution in [3.63, 3.8) is 0 Å². The van der Waals surface area contributed by atoms with Crippen molar-refractivity contribution in [3.8, 4) is 5.75 Å².